The van der Waals surface area contributed by atoms with Crippen LogP contribution in [0.3, 0.4) is 0 Å². The number of hydrogen-bond acceptors (Lipinski definition) is 5. The predicted molar refractivity (Wildman–Crippen MR) is 51.4 cm³/mol. The van der Waals surface area contributed by atoms with Gasteiger partial charge in [-0.1, -0.05) is 11.6 Å². The highest BCUT2D eigenvalue weighted by molar-refractivity contribution is 6.31. The third-order valence-corrected chi connectivity index (χ3v) is 1.83. The van der Waals surface area contributed by atoms with E-state index >= 15 is 0 Å². The molecule has 2 aromatic heterocycles. The Kier molecular flexibility index (Phi) is 2.51. The minimum absolute atomic E-state index is 0.375. The zero-order valence-corrected chi connectivity index (χ0v) is 7.99. The van der Waals surface area contributed by atoms with Gasteiger partial charge in [-0.05, 0) is 11.2 Å². The van der Waals surface area contributed by atoms with Crippen molar-refractivity contribution in [1.29, 1.82) is 0 Å². The Morgan fingerprint density at radius 2 is 2.43 bits per heavy atom. The normalized spacial score (nSPS) is 10.7. The number of rotatable bonds is 3. The average molecular weight is 214 g/mol. The fourth-order valence-electron chi connectivity index (χ4n) is 1.05. The number of nitrogens with two attached hydrogens (primary N) is 1. The minimum atomic E-state index is 0.375. The third kappa shape index (κ3) is 1.64. The van der Waals surface area contributed by atoms with E-state index in [0.717, 1.165) is 0 Å². The monoisotopic (exact) mass is 213 g/mol. The van der Waals surface area contributed by atoms with Gasteiger partial charge in [-0.15, -0.1) is 0 Å². The van der Waals surface area contributed by atoms with Crippen molar-refractivity contribution in [3.63, 3.8) is 0 Å². The van der Waals surface area contributed by atoms with Crippen molar-refractivity contribution in [3.8, 4) is 5.88 Å². The first-order valence-corrected chi connectivity index (χ1v) is 4.43. The van der Waals surface area contributed by atoms with Crippen molar-refractivity contribution in [2.45, 2.75) is 0 Å². The fourth-order valence-corrected chi connectivity index (χ4v) is 1.20. The van der Waals surface area contributed by atoms with Crippen LogP contribution in [-0.2, 0) is 0 Å². The number of ether oxygens (including phenoxy) is 1. The molecule has 2 heterocycles. The standard InChI is InChI=1S/C8H8ClN3O2/c9-5-3-6-7(11-4-5)14-12-8(6)13-2-1-10/h3-4H,1-2,10H2. The maximum atomic E-state index is 5.77. The molecule has 14 heavy (non-hydrogen) atoms. The summed E-state index contributed by atoms with van der Waals surface area (Å²) in [5.74, 6) is 0.375. The van der Waals surface area contributed by atoms with Gasteiger partial charge in [0.2, 0.25) is 0 Å². The second kappa shape index (κ2) is 3.81. The molecule has 6 heteroatoms. The van der Waals surface area contributed by atoms with E-state index in [1.165, 1.54) is 6.20 Å². The van der Waals surface area contributed by atoms with E-state index in [0.29, 0.717) is 35.2 Å². The first-order valence-electron chi connectivity index (χ1n) is 4.05. The summed E-state index contributed by atoms with van der Waals surface area (Å²) in [7, 11) is 0. The molecule has 5 nitrogen and oxygen atoms in total. The molecule has 0 saturated heterocycles. The van der Waals surface area contributed by atoms with E-state index in [2.05, 4.69) is 10.1 Å². The lowest BCUT2D eigenvalue weighted by Gasteiger charge is -1.98. The van der Waals surface area contributed by atoms with E-state index in [1.54, 1.807) is 6.07 Å². The third-order valence-electron chi connectivity index (χ3n) is 1.62. The molecule has 0 unspecified atom stereocenters. The molecule has 0 bridgehead atoms. The van der Waals surface area contributed by atoms with Crippen LogP contribution in [0.25, 0.3) is 11.1 Å². The molecule has 0 aliphatic carbocycles. The van der Waals surface area contributed by atoms with Crippen molar-refractivity contribution < 1.29 is 9.26 Å². The van der Waals surface area contributed by atoms with Crippen LogP contribution >= 0.6 is 11.6 Å². The first kappa shape index (κ1) is 9.23. The molecule has 0 amide bonds. The van der Waals surface area contributed by atoms with Gasteiger partial charge in [0.15, 0.2) is 0 Å². The largest absolute Gasteiger partial charge is 0.474 e. The number of pyridine rings is 1. The summed E-state index contributed by atoms with van der Waals surface area (Å²) < 4.78 is 10.2. The van der Waals surface area contributed by atoms with E-state index in [4.69, 9.17) is 26.6 Å². The minimum Gasteiger partial charge on any atom is -0.474 e. The molecule has 0 radical (unpaired) electrons. The Balaban J connectivity index is 2.40. The zero-order chi connectivity index (χ0) is 9.97. The van der Waals surface area contributed by atoms with Crippen LogP contribution in [0.1, 0.15) is 0 Å². The molecule has 0 fully saturated rings. The molecular weight excluding hydrogens is 206 g/mol. The lowest BCUT2D eigenvalue weighted by molar-refractivity contribution is 0.292. The molecule has 2 N–H and O–H groups in total. The number of nitrogens with zero attached hydrogens (tertiary/aromatic N) is 2. The topological polar surface area (TPSA) is 74.2 Å². The summed E-state index contributed by atoms with van der Waals surface area (Å²) in [6, 6.07) is 1.69. The quantitative estimate of drug-likeness (QED) is 0.830. The van der Waals surface area contributed by atoms with Gasteiger partial charge in [-0.25, -0.2) is 4.98 Å². The molecule has 0 atom stereocenters. The molecule has 2 rings (SSSR count). The maximum absolute atomic E-state index is 5.77. The highest BCUT2D eigenvalue weighted by Gasteiger charge is 2.10. The van der Waals surface area contributed by atoms with Crippen LogP contribution < -0.4 is 10.5 Å². The second-order valence-corrected chi connectivity index (χ2v) is 3.07. The molecule has 0 aliphatic rings. The van der Waals surface area contributed by atoms with Crippen LogP contribution in [0.5, 0.6) is 5.88 Å². The molecule has 2 aromatic rings. The first-order chi connectivity index (χ1) is 6.81. The molecule has 0 aromatic carbocycles. The Hall–Kier alpha value is -1.33. The lowest BCUT2D eigenvalue weighted by Crippen LogP contribution is -2.10. The second-order valence-electron chi connectivity index (χ2n) is 2.63. The number of aromatic nitrogens is 2. The van der Waals surface area contributed by atoms with E-state index < -0.39 is 0 Å². The number of fused-ring (bicyclic) bond motifs is 1. The maximum Gasteiger partial charge on any atom is 0.264 e. The summed E-state index contributed by atoms with van der Waals surface area (Å²) in [6.45, 7) is 0.802. The SMILES string of the molecule is NCCOc1noc2ncc(Cl)cc12. The summed E-state index contributed by atoms with van der Waals surface area (Å²) >= 11 is 5.77. The van der Waals surface area contributed by atoms with Crippen LogP contribution in [0.4, 0.5) is 0 Å². The molecule has 74 valence electrons. The zero-order valence-electron chi connectivity index (χ0n) is 7.24. The summed E-state index contributed by atoms with van der Waals surface area (Å²) in [4.78, 5) is 3.94. The van der Waals surface area contributed by atoms with E-state index in [-0.39, 0.29) is 0 Å². The van der Waals surface area contributed by atoms with Gasteiger partial charge < -0.3 is 15.0 Å². The average Bonchev–Trinajstić information content (AvgIpc) is 2.57. The molecule has 0 spiro atoms. The van der Waals surface area contributed by atoms with Crippen LogP contribution in [0, 0.1) is 0 Å². The molecule has 0 aliphatic heterocycles. The van der Waals surface area contributed by atoms with Crippen LogP contribution in [-0.4, -0.2) is 23.3 Å². The van der Waals surface area contributed by atoms with Gasteiger partial charge in [0, 0.05) is 12.7 Å². The Morgan fingerprint density at radius 1 is 1.57 bits per heavy atom. The summed E-state index contributed by atoms with van der Waals surface area (Å²) in [5, 5.41) is 4.87. The predicted octanol–water partition coefficient (Wildman–Crippen LogP) is 1.21. The van der Waals surface area contributed by atoms with Gasteiger partial charge in [-0.3, -0.25) is 0 Å². The summed E-state index contributed by atoms with van der Waals surface area (Å²) in [5.41, 5.74) is 5.70. The smallest absolute Gasteiger partial charge is 0.264 e. The van der Waals surface area contributed by atoms with Crippen molar-refractivity contribution in [3.05, 3.63) is 17.3 Å². The molecule has 0 saturated carbocycles. The van der Waals surface area contributed by atoms with E-state index in [1.807, 2.05) is 0 Å². The van der Waals surface area contributed by atoms with Gasteiger partial charge in [0.25, 0.3) is 11.6 Å². The summed E-state index contributed by atoms with van der Waals surface area (Å²) in [6.07, 6.45) is 1.49. The van der Waals surface area contributed by atoms with Crippen molar-refractivity contribution in [1.82, 2.24) is 10.1 Å². The number of halogens is 1. The van der Waals surface area contributed by atoms with E-state index in [9.17, 15) is 0 Å². The van der Waals surface area contributed by atoms with Crippen LogP contribution in [0.15, 0.2) is 16.8 Å². The fraction of sp³-hybridized carbons (Fsp3) is 0.250. The van der Waals surface area contributed by atoms with Gasteiger partial charge in [0.1, 0.15) is 12.0 Å². The van der Waals surface area contributed by atoms with Crippen molar-refractivity contribution in [2.24, 2.45) is 5.73 Å². The highest BCUT2D eigenvalue weighted by Crippen LogP contribution is 2.25. The van der Waals surface area contributed by atoms with Gasteiger partial charge in [0.05, 0.1) is 5.02 Å². The lowest BCUT2D eigenvalue weighted by atomic mass is 10.3. The highest BCUT2D eigenvalue weighted by atomic mass is 35.5. The Labute approximate surface area is 84.8 Å². The van der Waals surface area contributed by atoms with Crippen LogP contribution in [0.2, 0.25) is 5.02 Å². The number of hydrogen-bond donors (Lipinski definition) is 1. The van der Waals surface area contributed by atoms with Gasteiger partial charge >= 0.3 is 0 Å². The van der Waals surface area contributed by atoms with Gasteiger partial charge in [-0.2, -0.15) is 0 Å². The Morgan fingerprint density at radius 3 is 3.21 bits per heavy atom. The van der Waals surface area contributed by atoms with Crippen molar-refractivity contribution in [2.75, 3.05) is 13.2 Å². The Bertz CT molecular complexity index is 443. The molecular formula is C8H8ClN3O2. The van der Waals surface area contributed by atoms with Crippen molar-refractivity contribution >= 4 is 22.7 Å².